The molecule has 0 fully saturated rings. The van der Waals surface area contributed by atoms with Gasteiger partial charge < -0.3 is 0 Å². The summed E-state index contributed by atoms with van der Waals surface area (Å²) in [5.74, 6) is 0. The third kappa shape index (κ3) is 1.97. The number of rotatable bonds is 2. The minimum absolute atomic E-state index is 1.10. The molecular weight excluding hydrogens is 131 g/mol. The molecule has 0 atom stereocenters. The van der Waals surface area contributed by atoms with Crippen LogP contribution in [0, 0.1) is 0 Å². The summed E-state index contributed by atoms with van der Waals surface area (Å²) < 4.78 is 0. The Balaban J connectivity index is 3.11. The fourth-order valence-corrected chi connectivity index (χ4v) is 1.22. The average Bonchev–Trinajstić information content (AvgIpc) is 2.03. The van der Waals surface area contributed by atoms with Gasteiger partial charge in [0.15, 0.2) is 0 Å². The van der Waals surface area contributed by atoms with Gasteiger partial charge in [-0.25, -0.2) is 0 Å². The highest BCUT2D eigenvalue weighted by Gasteiger charge is 1.92. The standard InChI is InChI=1S/C10H13B/c1-3-8-5-9(4-2)7-10(11)6-8/h3,5-7H,1,4,11H2,2H3. The zero-order valence-corrected chi connectivity index (χ0v) is 7.22. The molecule has 0 saturated heterocycles. The fourth-order valence-electron chi connectivity index (χ4n) is 1.22. The molecule has 0 saturated carbocycles. The van der Waals surface area contributed by atoms with Gasteiger partial charge in [-0.15, -0.1) is 0 Å². The lowest BCUT2D eigenvalue weighted by Gasteiger charge is -2.01. The van der Waals surface area contributed by atoms with E-state index in [0.29, 0.717) is 0 Å². The molecule has 0 bridgehead atoms. The Morgan fingerprint density at radius 3 is 2.73 bits per heavy atom. The SMILES string of the molecule is Bc1cc(C=C)cc(CC)c1. The van der Waals surface area contributed by atoms with Crippen LogP contribution in [-0.2, 0) is 6.42 Å². The van der Waals surface area contributed by atoms with Crippen molar-refractivity contribution in [3.05, 3.63) is 35.9 Å². The summed E-state index contributed by atoms with van der Waals surface area (Å²) in [5, 5.41) is 0. The van der Waals surface area contributed by atoms with Crippen molar-refractivity contribution in [3.8, 4) is 0 Å². The van der Waals surface area contributed by atoms with Crippen molar-refractivity contribution in [2.45, 2.75) is 13.3 Å². The van der Waals surface area contributed by atoms with E-state index in [9.17, 15) is 0 Å². The highest BCUT2D eigenvalue weighted by Crippen LogP contribution is 2.04. The summed E-state index contributed by atoms with van der Waals surface area (Å²) in [6.07, 6.45) is 2.99. The Morgan fingerprint density at radius 2 is 2.18 bits per heavy atom. The van der Waals surface area contributed by atoms with E-state index in [-0.39, 0.29) is 0 Å². The van der Waals surface area contributed by atoms with Crippen molar-refractivity contribution >= 4 is 19.4 Å². The van der Waals surface area contributed by atoms with Crippen LogP contribution in [0.4, 0.5) is 0 Å². The Hall–Kier alpha value is -0.975. The van der Waals surface area contributed by atoms with Gasteiger partial charge in [-0.1, -0.05) is 43.2 Å². The van der Waals surface area contributed by atoms with Gasteiger partial charge in [0.25, 0.3) is 0 Å². The maximum Gasteiger partial charge on any atom is 0.139 e. The Labute approximate surface area is 69.4 Å². The van der Waals surface area contributed by atoms with Gasteiger partial charge in [-0.05, 0) is 17.5 Å². The lowest BCUT2D eigenvalue weighted by atomic mass is 9.91. The van der Waals surface area contributed by atoms with Crippen molar-refractivity contribution in [2.24, 2.45) is 0 Å². The number of hydrogen-bond acceptors (Lipinski definition) is 0. The molecule has 0 aliphatic carbocycles. The van der Waals surface area contributed by atoms with Gasteiger partial charge in [-0.3, -0.25) is 0 Å². The molecular formula is C10H13B. The first-order valence-electron chi connectivity index (χ1n) is 3.99. The summed E-state index contributed by atoms with van der Waals surface area (Å²) in [7, 11) is 2.12. The Bertz CT molecular complexity index is 264. The highest BCUT2D eigenvalue weighted by molar-refractivity contribution is 6.32. The van der Waals surface area contributed by atoms with E-state index < -0.39 is 0 Å². The summed E-state index contributed by atoms with van der Waals surface area (Å²) in [4.78, 5) is 0. The number of benzene rings is 1. The lowest BCUT2D eigenvalue weighted by Crippen LogP contribution is -2.03. The molecule has 0 aromatic heterocycles. The molecule has 0 amide bonds. The molecule has 0 nitrogen and oxygen atoms in total. The highest BCUT2D eigenvalue weighted by atomic mass is 14.0. The van der Waals surface area contributed by atoms with E-state index in [0.717, 1.165) is 6.42 Å². The minimum atomic E-state index is 1.10. The predicted octanol–water partition coefficient (Wildman–Crippen LogP) is 1.15. The van der Waals surface area contributed by atoms with Crippen LogP contribution in [0.5, 0.6) is 0 Å². The van der Waals surface area contributed by atoms with Crippen molar-refractivity contribution in [3.63, 3.8) is 0 Å². The third-order valence-electron chi connectivity index (χ3n) is 1.80. The van der Waals surface area contributed by atoms with Crippen LogP contribution in [0.2, 0.25) is 0 Å². The summed E-state index contributed by atoms with van der Waals surface area (Å²) in [6.45, 7) is 5.92. The molecule has 0 aliphatic rings. The minimum Gasteiger partial charge on any atom is -0.0985 e. The molecule has 1 rings (SSSR count). The van der Waals surface area contributed by atoms with Crippen LogP contribution < -0.4 is 5.46 Å². The molecule has 1 aromatic carbocycles. The van der Waals surface area contributed by atoms with Gasteiger partial charge >= 0.3 is 0 Å². The van der Waals surface area contributed by atoms with E-state index in [2.05, 4.69) is 39.5 Å². The maximum absolute atomic E-state index is 3.75. The first kappa shape index (κ1) is 8.12. The molecule has 0 N–H and O–H groups in total. The van der Waals surface area contributed by atoms with Crippen LogP contribution in [0.15, 0.2) is 24.8 Å². The van der Waals surface area contributed by atoms with E-state index in [1.54, 1.807) is 0 Å². The molecule has 0 radical (unpaired) electrons. The molecule has 0 spiro atoms. The van der Waals surface area contributed by atoms with Crippen molar-refractivity contribution in [2.75, 3.05) is 0 Å². The molecule has 0 unspecified atom stereocenters. The third-order valence-corrected chi connectivity index (χ3v) is 1.80. The van der Waals surface area contributed by atoms with E-state index >= 15 is 0 Å². The lowest BCUT2D eigenvalue weighted by molar-refractivity contribution is 1.14. The van der Waals surface area contributed by atoms with Gasteiger partial charge in [-0.2, -0.15) is 0 Å². The summed E-state index contributed by atoms with van der Waals surface area (Å²) in [5.41, 5.74) is 3.93. The van der Waals surface area contributed by atoms with Crippen LogP contribution in [0.25, 0.3) is 6.08 Å². The van der Waals surface area contributed by atoms with Crippen LogP contribution >= 0.6 is 0 Å². The molecule has 0 heterocycles. The zero-order valence-electron chi connectivity index (χ0n) is 7.22. The van der Waals surface area contributed by atoms with Crippen LogP contribution in [0.3, 0.4) is 0 Å². The fraction of sp³-hybridized carbons (Fsp3) is 0.200. The van der Waals surface area contributed by atoms with Crippen molar-refractivity contribution < 1.29 is 0 Å². The largest absolute Gasteiger partial charge is 0.139 e. The maximum atomic E-state index is 3.75. The number of hydrogen-bond donors (Lipinski definition) is 0. The Morgan fingerprint density at radius 1 is 1.45 bits per heavy atom. The number of aryl methyl sites for hydroxylation is 1. The second-order valence-electron chi connectivity index (χ2n) is 2.81. The first-order chi connectivity index (χ1) is 5.26. The molecule has 1 heteroatoms. The predicted molar refractivity (Wildman–Crippen MR) is 54.1 cm³/mol. The van der Waals surface area contributed by atoms with Crippen molar-refractivity contribution in [1.82, 2.24) is 0 Å². The summed E-state index contributed by atoms with van der Waals surface area (Å²) in [6, 6.07) is 6.54. The van der Waals surface area contributed by atoms with Crippen LogP contribution in [-0.4, -0.2) is 7.85 Å². The van der Waals surface area contributed by atoms with E-state index in [4.69, 9.17) is 0 Å². The van der Waals surface area contributed by atoms with Crippen LogP contribution in [0.1, 0.15) is 18.1 Å². The summed E-state index contributed by atoms with van der Waals surface area (Å²) >= 11 is 0. The van der Waals surface area contributed by atoms with Gasteiger partial charge in [0.1, 0.15) is 7.85 Å². The monoisotopic (exact) mass is 144 g/mol. The second kappa shape index (κ2) is 3.43. The van der Waals surface area contributed by atoms with E-state index in [1.165, 1.54) is 16.6 Å². The van der Waals surface area contributed by atoms with Gasteiger partial charge in [0.2, 0.25) is 0 Å². The smallest absolute Gasteiger partial charge is 0.0985 e. The average molecular weight is 144 g/mol. The molecule has 1 aromatic rings. The van der Waals surface area contributed by atoms with Gasteiger partial charge in [0.05, 0.1) is 0 Å². The van der Waals surface area contributed by atoms with Crippen molar-refractivity contribution in [1.29, 1.82) is 0 Å². The molecule has 56 valence electrons. The molecule has 0 aliphatic heterocycles. The quantitative estimate of drug-likeness (QED) is 0.546. The normalized spacial score (nSPS) is 9.55. The zero-order chi connectivity index (χ0) is 8.27. The first-order valence-corrected chi connectivity index (χ1v) is 3.99. The van der Waals surface area contributed by atoms with Gasteiger partial charge in [0, 0.05) is 0 Å². The van der Waals surface area contributed by atoms with E-state index in [1.807, 2.05) is 6.08 Å². The molecule has 11 heavy (non-hydrogen) atoms. The second-order valence-corrected chi connectivity index (χ2v) is 2.81. The topological polar surface area (TPSA) is 0 Å². The Kier molecular flexibility index (Phi) is 2.53.